The molecule has 0 saturated carbocycles. The van der Waals surface area contributed by atoms with Gasteiger partial charge in [0.2, 0.25) is 0 Å². The Morgan fingerprint density at radius 1 is 0.604 bits per heavy atom. The molecule has 4 aromatic rings. The second-order valence-electron chi connectivity index (χ2n) is 12.2. The molecule has 0 spiro atoms. The monoisotopic (exact) mass is 764 g/mol. The fourth-order valence-electron chi connectivity index (χ4n) is 6.29. The molecular weight excluding hydrogens is 733 g/mol. The summed E-state index contributed by atoms with van der Waals surface area (Å²) in [6.07, 6.45) is 6.83. The largest absolute Gasteiger partial charge is 2.00 e. The zero-order valence-electron chi connectivity index (χ0n) is 29.5. The van der Waals surface area contributed by atoms with Crippen molar-refractivity contribution in [2.75, 3.05) is 12.5 Å². The van der Waals surface area contributed by atoms with Crippen molar-refractivity contribution in [3.63, 3.8) is 0 Å². The molecule has 0 saturated heterocycles. The maximum Gasteiger partial charge on any atom is 2.00 e. The first-order chi connectivity index (χ1) is 24.8. The number of hydrogen-bond acceptors (Lipinski definition) is 8. The predicted molar refractivity (Wildman–Crippen MR) is 206 cm³/mol. The molecule has 11 heteroatoms. The number of hydrogen-bond donors (Lipinski definition) is 0. The summed E-state index contributed by atoms with van der Waals surface area (Å²) in [7, 11) is -2.07. The van der Waals surface area contributed by atoms with Gasteiger partial charge in [0.1, 0.15) is 0 Å². The molecule has 6 rings (SSSR count). The van der Waals surface area contributed by atoms with E-state index in [0.717, 1.165) is 65.5 Å². The molecule has 2 aliphatic rings. The van der Waals surface area contributed by atoms with Gasteiger partial charge in [-0.25, -0.2) is 0 Å². The fraction of sp³-hybridized carbons (Fsp3) is 0.143. The Hall–Kier alpha value is -4.68. The van der Waals surface area contributed by atoms with E-state index in [4.69, 9.17) is 10.5 Å². The minimum Gasteiger partial charge on any atom is -0.550 e. The predicted octanol–water partition coefficient (Wildman–Crippen LogP) is 5.15. The van der Waals surface area contributed by atoms with Crippen LogP contribution in [0.4, 0.5) is 0 Å². The number of carboxylic acid groups (broad SMARTS) is 2. The van der Waals surface area contributed by atoms with Crippen molar-refractivity contribution in [1.82, 2.24) is 0 Å². The van der Waals surface area contributed by atoms with Gasteiger partial charge in [-0.15, -0.1) is 0 Å². The molecule has 2 unspecified atom stereocenters. The van der Waals surface area contributed by atoms with E-state index in [1.54, 1.807) is 36.8 Å². The quantitative estimate of drug-likeness (QED) is 0.223. The molecule has 260 valence electrons. The first kappa shape index (κ1) is 41.1. The molecule has 2 atom stereocenters. The topological polar surface area (TPSA) is 162 Å². The molecule has 0 heterocycles. The molecule has 53 heavy (non-hydrogen) atoms. The van der Waals surface area contributed by atoms with Gasteiger partial charge in [0.15, 0.2) is 0 Å². The van der Waals surface area contributed by atoms with Crippen molar-refractivity contribution in [2.45, 2.75) is 36.5 Å². The van der Waals surface area contributed by atoms with Crippen molar-refractivity contribution in [3.8, 4) is 12.1 Å². The van der Waals surface area contributed by atoms with Gasteiger partial charge in [-0.05, 0) is 141 Å². The van der Waals surface area contributed by atoms with Crippen LogP contribution in [0.5, 0.6) is 0 Å². The molecule has 0 N–H and O–H groups in total. The normalized spacial score (nSPS) is 15.4. The number of aliphatic carboxylic acids is 2. The SMILES string of the molecule is CC1=C(CC(=O)[O-])c2cc(C#N)ccc2C1=Cc1ccc(S(C)=O)cc1.CC1=C(CC(=O)[O-])c2cc(C#N)ccc2C1=Cc1ccc(S(C)=O)cc1.[Ca+2]. The van der Waals surface area contributed by atoms with E-state index in [1.807, 2.05) is 86.7 Å². The number of carbonyl (C=O) groups excluding carboxylic acids is 2. The van der Waals surface area contributed by atoms with Crippen molar-refractivity contribution in [1.29, 1.82) is 10.5 Å². The Morgan fingerprint density at radius 3 is 1.23 bits per heavy atom. The third-order valence-electron chi connectivity index (χ3n) is 8.93. The van der Waals surface area contributed by atoms with Gasteiger partial charge in [-0.3, -0.25) is 8.42 Å². The van der Waals surface area contributed by atoms with Gasteiger partial charge >= 0.3 is 37.7 Å². The third-order valence-corrected chi connectivity index (χ3v) is 10.8. The number of carboxylic acids is 2. The zero-order valence-corrected chi connectivity index (χ0v) is 33.4. The summed E-state index contributed by atoms with van der Waals surface area (Å²) in [6.45, 7) is 3.76. The summed E-state index contributed by atoms with van der Waals surface area (Å²) in [5.74, 6) is -2.30. The van der Waals surface area contributed by atoms with E-state index >= 15 is 0 Å². The molecule has 0 amide bonds. The number of benzene rings is 4. The Bertz CT molecular complexity index is 2220. The van der Waals surface area contributed by atoms with Crippen LogP contribution < -0.4 is 10.2 Å². The van der Waals surface area contributed by atoms with Crippen LogP contribution in [0.3, 0.4) is 0 Å². The molecule has 0 radical (unpaired) electrons. The van der Waals surface area contributed by atoms with Gasteiger partial charge in [0, 0.05) is 68.7 Å². The summed E-state index contributed by atoms with van der Waals surface area (Å²) in [5.41, 5.74) is 11.1. The number of nitriles is 2. The van der Waals surface area contributed by atoms with E-state index in [1.165, 1.54) is 0 Å². The van der Waals surface area contributed by atoms with Crippen LogP contribution in [0, 0.1) is 22.7 Å². The first-order valence-corrected chi connectivity index (χ1v) is 19.1. The molecule has 0 aliphatic heterocycles. The van der Waals surface area contributed by atoms with E-state index < -0.39 is 33.5 Å². The summed E-state index contributed by atoms with van der Waals surface area (Å²) >= 11 is 0. The average molecular weight is 765 g/mol. The van der Waals surface area contributed by atoms with Crippen LogP contribution >= 0.6 is 0 Å². The minimum absolute atomic E-state index is 0. The molecule has 0 fully saturated rings. The van der Waals surface area contributed by atoms with Crippen LogP contribution in [0.1, 0.15) is 71.2 Å². The van der Waals surface area contributed by atoms with Gasteiger partial charge in [-0.1, -0.05) is 36.4 Å². The number of allylic oxidation sites excluding steroid dienone is 4. The van der Waals surface area contributed by atoms with Crippen molar-refractivity contribution in [3.05, 3.63) is 141 Å². The van der Waals surface area contributed by atoms with Gasteiger partial charge < -0.3 is 19.8 Å². The Morgan fingerprint density at radius 2 is 0.943 bits per heavy atom. The molecule has 4 aromatic carbocycles. The maximum absolute atomic E-state index is 11.5. The van der Waals surface area contributed by atoms with Crippen LogP contribution in [-0.4, -0.2) is 70.6 Å². The molecule has 8 nitrogen and oxygen atoms in total. The number of nitrogens with zero attached hydrogens (tertiary/aromatic N) is 2. The average Bonchev–Trinajstić information content (AvgIpc) is 3.52. The molecule has 2 aliphatic carbocycles. The second kappa shape index (κ2) is 17.9. The van der Waals surface area contributed by atoms with Crippen LogP contribution in [0.25, 0.3) is 34.4 Å². The number of fused-ring (bicyclic) bond motifs is 2. The van der Waals surface area contributed by atoms with Gasteiger partial charge in [0.25, 0.3) is 0 Å². The summed E-state index contributed by atoms with van der Waals surface area (Å²) in [5, 5.41) is 40.6. The molecular formula is C42H32CaN2O6S2. The van der Waals surface area contributed by atoms with Crippen molar-refractivity contribution in [2.24, 2.45) is 0 Å². The van der Waals surface area contributed by atoms with Crippen molar-refractivity contribution < 1.29 is 28.2 Å². The Kier molecular flexibility index (Phi) is 13.9. The van der Waals surface area contributed by atoms with Crippen LogP contribution in [0.2, 0.25) is 0 Å². The summed E-state index contributed by atoms with van der Waals surface area (Å²) in [4.78, 5) is 23.9. The minimum atomic E-state index is -1.15. The Balaban J connectivity index is 0.000000232. The van der Waals surface area contributed by atoms with E-state index in [0.29, 0.717) is 22.3 Å². The first-order valence-electron chi connectivity index (χ1n) is 16.0. The second-order valence-corrected chi connectivity index (χ2v) is 15.0. The fourth-order valence-corrected chi connectivity index (χ4v) is 7.33. The zero-order chi connectivity index (χ0) is 37.7. The summed E-state index contributed by atoms with van der Waals surface area (Å²) < 4.78 is 23.0. The number of rotatable bonds is 8. The number of carbonyl (C=O) groups is 2. The van der Waals surface area contributed by atoms with Crippen molar-refractivity contribution >= 4 is 106 Å². The molecule has 0 aromatic heterocycles. The molecule has 0 bridgehead atoms. The third kappa shape index (κ3) is 9.47. The van der Waals surface area contributed by atoms with E-state index in [2.05, 4.69) is 12.1 Å². The Labute approximate surface area is 343 Å². The van der Waals surface area contributed by atoms with E-state index in [9.17, 15) is 28.2 Å². The van der Waals surface area contributed by atoms with Crippen LogP contribution in [-0.2, 0) is 31.2 Å². The maximum atomic E-state index is 11.5. The van der Waals surface area contributed by atoms with Gasteiger partial charge in [0.05, 0.1) is 23.3 Å². The van der Waals surface area contributed by atoms with E-state index in [-0.39, 0.29) is 50.6 Å². The van der Waals surface area contributed by atoms with Gasteiger partial charge in [-0.2, -0.15) is 10.5 Å². The summed E-state index contributed by atoms with van der Waals surface area (Å²) in [6, 6.07) is 29.6. The smallest absolute Gasteiger partial charge is 0.550 e. The standard InChI is InChI=1S/2C21H17NO3S.Ca/c2*1-13-18(9-14-3-6-16(7-4-14)26(2)25)17-8-5-15(12-22)10-20(17)19(13)11-21(23)24;/h2*3-10H,11H2,1-2H3,(H,23,24);/q;;+2/p-2. The van der Waals surface area contributed by atoms with Crippen LogP contribution in [0.15, 0.2) is 106 Å².